The fourth-order valence-corrected chi connectivity index (χ4v) is 2.16. The van der Waals surface area contributed by atoms with Crippen LogP contribution in [0, 0.1) is 5.82 Å². The minimum absolute atomic E-state index is 0.0357. The van der Waals surface area contributed by atoms with Gasteiger partial charge in [-0.15, -0.1) is 0 Å². The summed E-state index contributed by atoms with van der Waals surface area (Å²) in [6.07, 6.45) is 0.707. The monoisotopic (exact) mass is 256 g/mol. The van der Waals surface area contributed by atoms with Gasteiger partial charge in [-0.3, -0.25) is 4.79 Å². The smallest absolute Gasteiger partial charge is 0.236 e. The van der Waals surface area contributed by atoms with E-state index < -0.39 is 6.04 Å². The molecule has 3 nitrogen and oxygen atoms in total. The second kappa shape index (κ2) is 4.63. The lowest BCUT2D eigenvalue weighted by atomic mass is 10.1. The summed E-state index contributed by atoms with van der Waals surface area (Å²) in [7, 11) is 0. The van der Waals surface area contributed by atoms with E-state index in [2.05, 4.69) is 5.32 Å². The molecule has 3 atom stereocenters. The zero-order chi connectivity index (χ0) is 12.6. The topological polar surface area (TPSA) is 55.1 Å². The van der Waals surface area contributed by atoms with Crippen LogP contribution in [0.5, 0.6) is 0 Å². The van der Waals surface area contributed by atoms with Gasteiger partial charge in [-0.25, -0.2) is 4.39 Å². The van der Waals surface area contributed by atoms with Crippen molar-refractivity contribution in [1.29, 1.82) is 0 Å². The predicted octanol–water partition coefficient (Wildman–Crippen LogP) is 1.80. The summed E-state index contributed by atoms with van der Waals surface area (Å²) in [5.74, 6) is -0.573. The fourth-order valence-electron chi connectivity index (χ4n) is 1.85. The lowest BCUT2D eigenvalue weighted by Gasteiger charge is -2.08. The van der Waals surface area contributed by atoms with Crippen LogP contribution >= 0.6 is 11.6 Å². The first-order chi connectivity index (χ1) is 8.00. The Morgan fingerprint density at radius 3 is 2.94 bits per heavy atom. The van der Waals surface area contributed by atoms with Gasteiger partial charge in [0.15, 0.2) is 0 Å². The highest BCUT2D eigenvalue weighted by Crippen LogP contribution is 2.44. The van der Waals surface area contributed by atoms with E-state index in [-0.39, 0.29) is 23.7 Å². The SMILES string of the molecule is C[C@@H](N)C(=O)NC1CC1c1c(F)cccc1Cl. The summed E-state index contributed by atoms with van der Waals surface area (Å²) < 4.78 is 13.6. The molecule has 1 aromatic carbocycles. The number of rotatable bonds is 3. The zero-order valence-corrected chi connectivity index (χ0v) is 10.2. The molecule has 2 rings (SSSR count). The summed E-state index contributed by atoms with van der Waals surface area (Å²) in [6.45, 7) is 1.61. The van der Waals surface area contributed by atoms with E-state index in [1.807, 2.05) is 0 Å². The van der Waals surface area contributed by atoms with Gasteiger partial charge < -0.3 is 11.1 Å². The van der Waals surface area contributed by atoms with E-state index in [1.54, 1.807) is 19.1 Å². The maximum Gasteiger partial charge on any atom is 0.236 e. The number of hydrogen-bond acceptors (Lipinski definition) is 2. The van der Waals surface area contributed by atoms with E-state index in [9.17, 15) is 9.18 Å². The number of nitrogens with two attached hydrogens (primary N) is 1. The number of amides is 1. The lowest BCUT2D eigenvalue weighted by Crippen LogP contribution is -2.39. The van der Waals surface area contributed by atoms with E-state index in [4.69, 9.17) is 17.3 Å². The summed E-state index contributed by atoms with van der Waals surface area (Å²) in [5.41, 5.74) is 5.93. The third-order valence-electron chi connectivity index (χ3n) is 2.90. The zero-order valence-electron chi connectivity index (χ0n) is 9.41. The molecule has 0 radical (unpaired) electrons. The molecule has 17 heavy (non-hydrogen) atoms. The van der Waals surface area contributed by atoms with Gasteiger partial charge in [-0.2, -0.15) is 0 Å². The average Bonchev–Trinajstić information content (AvgIpc) is 2.96. The first-order valence-electron chi connectivity index (χ1n) is 5.50. The quantitative estimate of drug-likeness (QED) is 0.867. The highest BCUT2D eigenvalue weighted by atomic mass is 35.5. The van der Waals surface area contributed by atoms with Crippen LogP contribution in [0.2, 0.25) is 5.02 Å². The second-order valence-corrected chi connectivity index (χ2v) is 4.79. The molecule has 0 aliphatic heterocycles. The van der Waals surface area contributed by atoms with Crippen LogP contribution in [0.15, 0.2) is 18.2 Å². The molecule has 5 heteroatoms. The van der Waals surface area contributed by atoms with Crippen molar-refractivity contribution in [2.45, 2.75) is 31.3 Å². The highest BCUT2D eigenvalue weighted by Gasteiger charge is 2.42. The fraction of sp³-hybridized carbons (Fsp3) is 0.417. The lowest BCUT2D eigenvalue weighted by molar-refractivity contribution is -0.122. The van der Waals surface area contributed by atoms with Gasteiger partial charge >= 0.3 is 0 Å². The number of carbonyl (C=O) groups is 1. The first-order valence-corrected chi connectivity index (χ1v) is 5.88. The van der Waals surface area contributed by atoms with Gasteiger partial charge in [0.1, 0.15) is 5.82 Å². The van der Waals surface area contributed by atoms with Gasteiger partial charge in [0, 0.05) is 22.5 Å². The van der Waals surface area contributed by atoms with Crippen LogP contribution in [0.25, 0.3) is 0 Å². The maximum absolute atomic E-state index is 13.6. The summed E-state index contributed by atoms with van der Waals surface area (Å²) in [5, 5.41) is 3.18. The van der Waals surface area contributed by atoms with E-state index in [0.717, 1.165) is 0 Å². The van der Waals surface area contributed by atoms with Crippen LogP contribution < -0.4 is 11.1 Å². The summed E-state index contributed by atoms with van der Waals surface area (Å²) >= 11 is 5.95. The second-order valence-electron chi connectivity index (χ2n) is 4.38. The van der Waals surface area contributed by atoms with Gasteiger partial charge in [-0.05, 0) is 25.5 Å². The Kier molecular flexibility index (Phi) is 3.35. The highest BCUT2D eigenvalue weighted by molar-refractivity contribution is 6.31. The molecule has 0 saturated heterocycles. The van der Waals surface area contributed by atoms with Gasteiger partial charge in [0.25, 0.3) is 0 Å². The Hall–Kier alpha value is -1.13. The Morgan fingerprint density at radius 2 is 2.35 bits per heavy atom. The van der Waals surface area contributed by atoms with Crippen LogP contribution in [0.1, 0.15) is 24.8 Å². The van der Waals surface area contributed by atoms with Crippen molar-refractivity contribution in [2.75, 3.05) is 0 Å². The third-order valence-corrected chi connectivity index (χ3v) is 3.23. The molecule has 1 fully saturated rings. The molecular weight excluding hydrogens is 243 g/mol. The van der Waals surface area contributed by atoms with Crippen molar-refractivity contribution in [3.63, 3.8) is 0 Å². The third kappa shape index (κ3) is 2.58. The molecule has 0 bridgehead atoms. The van der Waals surface area contributed by atoms with Crippen LogP contribution in [-0.2, 0) is 4.79 Å². The standard InChI is InChI=1S/C12H14ClFN2O/c1-6(15)12(17)16-10-5-7(10)11-8(13)3-2-4-9(11)14/h2-4,6-7,10H,5,15H2,1H3,(H,16,17)/t6-,7?,10?/m1/s1. The number of carbonyl (C=O) groups excluding carboxylic acids is 1. The number of halogens is 2. The molecule has 1 aromatic rings. The van der Waals surface area contributed by atoms with Crippen LogP contribution in [-0.4, -0.2) is 18.0 Å². The van der Waals surface area contributed by atoms with Crippen molar-refractivity contribution in [3.8, 4) is 0 Å². The Labute approximate surface area is 104 Å². The molecule has 0 spiro atoms. The number of nitrogens with one attached hydrogen (secondary N) is 1. The van der Waals surface area contributed by atoms with Gasteiger partial charge in [0.2, 0.25) is 5.91 Å². The molecule has 1 aliphatic rings. The molecule has 2 unspecified atom stereocenters. The molecule has 1 saturated carbocycles. The molecule has 3 N–H and O–H groups in total. The average molecular weight is 257 g/mol. The van der Waals surface area contributed by atoms with Gasteiger partial charge in [0.05, 0.1) is 6.04 Å². The van der Waals surface area contributed by atoms with Crippen LogP contribution in [0.3, 0.4) is 0 Å². The van der Waals surface area contributed by atoms with Crippen molar-refractivity contribution < 1.29 is 9.18 Å². The largest absolute Gasteiger partial charge is 0.351 e. The van der Waals surface area contributed by atoms with E-state index >= 15 is 0 Å². The summed E-state index contributed by atoms with van der Waals surface area (Å²) in [6, 6.07) is 4.00. The Balaban J connectivity index is 2.06. The summed E-state index contributed by atoms with van der Waals surface area (Å²) in [4.78, 5) is 11.4. The van der Waals surface area contributed by atoms with Crippen LogP contribution in [0.4, 0.5) is 4.39 Å². The molecular formula is C12H14ClFN2O. The minimum Gasteiger partial charge on any atom is -0.351 e. The molecule has 1 amide bonds. The molecule has 0 aromatic heterocycles. The Morgan fingerprint density at radius 1 is 1.65 bits per heavy atom. The van der Waals surface area contributed by atoms with Crippen molar-refractivity contribution >= 4 is 17.5 Å². The maximum atomic E-state index is 13.6. The molecule has 1 aliphatic carbocycles. The van der Waals surface area contributed by atoms with E-state index in [0.29, 0.717) is 17.0 Å². The number of hydrogen-bond donors (Lipinski definition) is 2. The van der Waals surface area contributed by atoms with Crippen molar-refractivity contribution in [3.05, 3.63) is 34.6 Å². The minimum atomic E-state index is -0.549. The number of benzene rings is 1. The van der Waals surface area contributed by atoms with Crippen molar-refractivity contribution in [2.24, 2.45) is 5.73 Å². The normalized spacial score (nSPS) is 24.2. The molecule has 0 heterocycles. The predicted molar refractivity (Wildman–Crippen MR) is 64.3 cm³/mol. The van der Waals surface area contributed by atoms with Crippen molar-refractivity contribution in [1.82, 2.24) is 5.32 Å². The Bertz CT molecular complexity index is 430. The van der Waals surface area contributed by atoms with Gasteiger partial charge in [-0.1, -0.05) is 17.7 Å². The first kappa shape index (κ1) is 12.3. The molecule has 92 valence electrons. The van der Waals surface area contributed by atoms with E-state index in [1.165, 1.54) is 6.07 Å².